The average molecular weight is 192 g/mol. The molecule has 0 aliphatic carbocycles. The van der Waals surface area contributed by atoms with Crippen LogP contribution in [0.25, 0.3) is 0 Å². The van der Waals surface area contributed by atoms with E-state index in [-0.39, 0.29) is 0 Å². The van der Waals surface area contributed by atoms with Crippen LogP contribution in [0.5, 0.6) is 0 Å². The third-order valence-electron chi connectivity index (χ3n) is 2.74. The first-order valence-corrected chi connectivity index (χ1v) is 5.57. The van der Waals surface area contributed by atoms with Crippen molar-refractivity contribution in [2.45, 2.75) is 58.8 Å². The van der Waals surface area contributed by atoms with Crippen molar-refractivity contribution >= 4 is 0 Å². The van der Waals surface area contributed by atoms with E-state index in [9.17, 15) is 0 Å². The van der Waals surface area contributed by atoms with Crippen LogP contribution in [0.1, 0.15) is 58.8 Å². The predicted octanol–water partition coefficient (Wildman–Crippen LogP) is 3.79. The van der Waals surface area contributed by atoms with Crippen LogP contribution in [0.3, 0.4) is 0 Å². The average Bonchev–Trinajstić information content (AvgIpc) is 2.24. The van der Waals surface area contributed by atoms with Crippen LogP contribution in [0.15, 0.2) is 0 Å². The minimum absolute atomic E-state index is 0.647. The molecule has 0 unspecified atom stereocenters. The van der Waals surface area contributed by atoms with Gasteiger partial charge in [-0.3, -0.25) is 0 Å². The third kappa shape index (κ3) is 4.28. The Morgan fingerprint density at radius 2 is 1.50 bits per heavy atom. The summed E-state index contributed by atoms with van der Waals surface area (Å²) >= 11 is 0. The van der Waals surface area contributed by atoms with Gasteiger partial charge in [-0.1, -0.05) is 46.0 Å². The maximum absolute atomic E-state index is 8.91. The Morgan fingerprint density at radius 3 is 1.93 bits per heavy atom. The molecule has 2 heteroatoms. The Morgan fingerprint density at radius 1 is 0.929 bits per heavy atom. The van der Waals surface area contributed by atoms with Gasteiger partial charge in [-0.15, -0.1) is 0 Å². The van der Waals surface area contributed by atoms with E-state index >= 15 is 0 Å². The SMILES string of the molecule is CCCCCCCC(C#N)(C#N)CC. The highest BCUT2D eigenvalue weighted by atomic mass is 14.4. The molecule has 0 amide bonds. The van der Waals surface area contributed by atoms with Crippen LogP contribution in [-0.2, 0) is 0 Å². The zero-order valence-electron chi connectivity index (χ0n) is 9.34. The van der Waals surface area contributed by atoms with E-state index in [1.807, 2.05) is 6.92 Å². The number of rotatable bonds is 7. The largest absolute Gasteiger partial charge is 0.197 e. The van der Waals surface area contributed by atoms with Crippen molar-refractivity contribution in [1.82, 2.24) is 0 Å². The Hall–Kier alpha value is -1.02. The first kappa shape index (κ1) is 13.0. The van der Waals surface area contributed by atoms with Crippen LogP contribution < -0.4 is 0 Å². The summed E-state index contributed by atoms with van der Waals surface area (Å²) in [5.74, 6) is 0. The molecule has 78 valence electrons. The normalized spacial score (nSPS) is 10.6. The lowest BCUT2D eigenvalue weighted by Gasteiger charge is -2.15. The number of nitrogens with zero attached hydrogens (tertiary/aromatic N) is 2. The zero-order valence-corrected chi connectivity index (χ0v) is 9.34. The van der Waals surface area contributed by atoms with Crippen molar-refractivity contribution in [3.05, 3.63) is 0 Å². The number of hydrogen-bond donors (Lipinski definition) is 0. The lowest BCUT2D eigenvalue weighted by atomic mass is 9.83. The van der Waals surface area contributed by atoms with E-state index in [2.05, 4.69) is 19.1 Å². The highest BCUT2D eigenvalue weighted by molar-refractivity contribution is 5.12. The van der Waals surface area contributed by atoms with Crippen molar-refractivity contribution in [3.8, 4) is 12.1 Å². The molecule has 0 fully saturated rings. The summed E-state index contributed by atoms with van der Waals surface area (Å²) < 4.78 is 0. The summed E-state index contributed by atoms with van der Waals surface area (Å²) in [6.45, 7) is 4.10. The van der Waals surface area contributed by atoms with Crippen LogP contribution >= 0.6 is 0 Å². The van der Waals surface area contributed by atoms with Gasteiger partial charge in [-0.25, -0.2) is 0 Å². The van der Waals surface area contributed by atoms with Gasteiger partial charge in [0.25, 0.3) is 0 Å². The molecule has 0 saturated heterocycles. The summed E-state index contributed by atoms with van der Waals surface area (Å²) in [4.78, 5) is 0. The molecule has 0 N–H and O–H groups in total. The smallest absolute Gasteiger partial charge is 0.143 e. The molecule has 0 aromatic heterocycles. The fraction of sp³-hybridized carbons (Fsp3) is 0.833. The number of hydrogen-bond acceptors (Lipinski definition) is 2. The molecule has 0 radical (unpaired) electrons. The second-order valence-electron chi connectivity index (χ2n) is 3.82. The minimum atomic E-state index is -0.716. The summed E-state index contributed by atoms with van der Waals surface area (Å²) in [6, 6.07) is 4.29. The highest BCUT2D eigenvalue weighted by Gasteiger charge is 2.26. The summed E-state index contributed by atoms with van der Waals surface area (Å²) in [6.07, 6.45) is 7.27. The van der Waals surface area contributed by atoms with Crippen molar-refractivity contribution in [1.29, 1.82) is 10.5 Å². The van der Waals surface area contributed by atoms with Gasteiger partial charge in [0.05, 0.1) is 12.1 Å². The molecule has 0 saturated carbocycles. The fourth-order valence-corrected chi connectivity index (χ4v) is 1.50. The van der Waals surface area contributed by atoms with Crippen molar-refractivity contribution in [3.63, 3.8) is 0 Å². The van der Waals surface area contributed by atoms with E-state index in [1.54, 1.807) is 0 Å². The monoisotopic (exact) mass is 192 g/mol. The molecular weight excluding hydrogens is 172 g/mol. The standard InChI is InChI=1S/C12H20N2/c1-3-5-6-7-8-9-12(4-2,10-13)11-14/h3-9H2,1-2H3. The maximum atomic E-state index is 8.91. The molecule has 14 heavy (non-hydrogen) atoms. The Kier molecular flexibility index (Phi) is 6.85. The lowest BCUT2D eigenvalue weighted by Crippen LogP contribution is -2.14. The van der Waals surface area contributed by atoms with E-state index in [0.29, 0.717) is 6.42 Å². The van der Waals surface area contributed by atoms with Crippen LogP contribution in [0, 0.1) is 28.1 Å². The van der Waals surface area contributed by atoms with Crippen LogP contribution in [0.4, 0.5) is 0 Å². The molecular formula is C12H20N2. The first-order valence-electron chi connectivity index (χ1n) is 5.57. The maximum Gasteiger partial charge on any atom is 0.143 e. The van der Waals surface area contributed by atoms with E-state index in [4.69, 9.17) is 10.5 Å². The molecule has 0 atom stereocenters. The van der Waals surface area contributed by atoms with Gasteiger partial charge >= 0.3 is 0 Å². The number of unbranched alkanes of at least 4 members (excludes halogenated alkanes) is 4. The van der Waals surface area contributed by atoms with Crippen LogP contribution in [0.2, 0.25) is 0 Å². The summed E-state index contributed by atoms with van der Waals surface area (Å²) in [5.41, 5.74) is -0.716. The van der Waals surface area contributed by atoms with Crippen molar-refractivity contribution in [2.24, 2.45) is 5.41 Å². The molecule has 0 rings (SSSR count). The quantitative estimate of drug-likeness (QED) is 0.576. The molecule has 0 spiro atoms. The van der Waals surface area contributed by atoms with Gasteiger partial charge < -0.3 is 0 Å². The Balaban J connectivity index is 3.75. The topological polar surface area (TPSA) is 47.6 Å². The second kappa shape index (κ2) is 7.39. The molecule has 0 heterocycles. The molecule has 2 nitrogen and oxygen atoms in total. The molecule has 0 aromatic rings. The van der Waals surface area contributed by atoms with Gasteiger partial charge in [-0.05, 0) is 12.8 Å². The van der Waals surface area contributed by atoms with Gasteiger partial charge in [0.1, 0.15) is 5.41 Å². The number of nitriles is 2. The highest BCUT2D eigenvalue weighted by Crippen LogP contribution is 2.27. The molecule has 0 aromatic carbocycles. The van der Waals surface area contributed by atoms with E-state index in [0.717, 1.165) is 19.3 Å². The predicted molar refractivity (Wildman–Crippen MR) is 57.3 cm³/mol. The zero-order chi connectivity index (χ0) is 10.9. The second-order valence-corrected chi connectivity index (χ2v) is 3.82. The molecule has 0 bridgehead atoms. The van der Waals surface area contributed by atoms with E-state index in [1.165, 1.54) is 19.3 Å². The van der Waals surface area contributed by atoms with Crippen molar-refractivity contribution < 1.29 is 0 Å². The minimum Gasteiger partial charge on any atom is -0.197 e. The van der Waals surface area contributed by atoms with Gasteiger partial charge in [-0.2, -0.15) is 10.5 Å². The molecule has 0 aliphatic heterocycles. The Bertz CT molecular complexity index is 205. The summed E-state index contributed by atoms with van der Waals surface area (Å²) in [5, 5.41) is 17.8. The van der Waals surface area contributed by atoms with E-state index < -0.39 is 5.41 Å². The van der Waals surface area contributed by atoms with Gasteiger partial charge in [0.15, 0.2) is 0 Å². The lowest BCUT2D eigenvalue weighted by molar-refractivity contribution is 0.429. The van der Waals surface area contributed by atoms with Gasteiger partial charge in [0.2, 0.25) is 0 Å². The first-order chi connectivity index (χ1) is 6.74. The summed E-state index contributed by atoms with van der Waals surface area (Å²) in [7, 11) is 0. The van der Waals surface area contributed by atoms with Crippen LogP contribution in [-0.4, -0.2) is 0 Å². The van der Waals surface area contributed by atoms with Crippen molar-refractivity contribution in [2.75, 3.05) is 0 Å². The third-order valence-corrected chi connectivity index (χ3v) is 2.74. The van der Waals surface area contributed by atoms with Gasteiger partial charge in [0, 0.05) is 0 Å². The Labute approximate surface area is 87.5 Å². The molecule has 0 aliphatic rings. The fourth-order valence-electron chi connectivity index (χ4n) is 1.50.